The average molecular weight is 416 g/mol. The third-order valence-electron chi connectivity index (χ3n) is 5.79. The van der Waals surface area contributed by atoms with Crippen molar-refractivity contribution in [3.05, 3.63) is 77.9 Å². The predicted octanol–water partition coefficient (Wildman–Crippen LogP) is 2.91. The van der Waals surface area contributed by atoms with E-state index in [-0.39, 0.29) is 6.04 Å². The number of anilines is 1. The van der Waals surface area contributed by atoms with Gasteiger partial charge < -0.3 is 9.64 Å². The Kier molecular flexibility index (Phi) is 5.21. The zero-order chi connectivity index (χ0) is 21.2. The summed E-state index contributed by atoms with van der Waals surface area (Å²) >= 11 is 0. The van der Waals surface area contributed by atoms with E-state index in [1.165, 1.54) is 16.7 Å². The molecule has 0 aliphatic carbocycles. The molecule has 4 aromatic rings. The molecule has 1 fully saturated rings. The van der Waals surface area contributed by atoms with Gasteiger partial charge in [-0.05, 0) is 61.2 Å². The van der Waals surface area contributed by atoms with Crippen molar-refractivity contribution < 1.29 is 4.74 Å². The second-order valence-corrected chi connectivity index (χ2v) is 7.86. The third kappa shape index (κ3) is 3.94. The molecule has 0 saturated carbocycles. The summed E-state index contributed by atoms with van der Waals surface area (Å²) in [4.78, 5) is 5.79. The summed E-state index contributed by atoms with van der Waals surface area (Å²) in [6.45, 7) is 6.46. The van der Waals surface area contributed by atoms with E-state index in [1.54, 1.807) is 34.4 Å². The van der Waals surface area contributed by atoms with Crippen LogP contribution in [-0.2, 0) is 11.2 Å². The molecule has 8 nitrogen and oxygen atoms in total. The Bertz CT molecular complexity index is 1150. The molecular weight excluding hydrogens is 390 g/mol. The smallest absolute Gasteiger partial charge is 0.109 e. The van der Waals surface area contributed by atoms with E-state index >= 15 is 0 Å². The van der Waals surface area contributed by atoms with Crippen molar-refractivity contribution >= 4 is 5.69 Å². The van der Waals surface area contributed by atoms with Crippen molar-refractivity contribution in [3.63, 3.8) is 0 Å². The van der Waals surface area contributed by atoms with Gasteiger partial charge in [-0.2, -0.15) is 25.2 Å². The van der Waals surface area contributed by atoms with Gasteiger partial charge in [0.2, 0.25) is 0 Å². The Morgan fingerprint density at radius 1 is 0.871 bits per heavy atom. The minimum absolute atomic E-state index is 0.200. The summed E-state index contributed by atoms with van der Waals surface area (Å²) in [5.41, 5.74) is 6.78. The standard InChI is InChI=1S/C23H25N7O/c1-17-12-22(23(13-18(17)2)30-26-8-9-27-30)28-10-11-31-16-21(28)15-19-4-3-5-20(14-19)29-24-6-7-25-29/h3-9,12-14,21H,10-11,15-16H2,1-2H3/t21-/m1/s1. The van der Waals surface area contributed by atoms with E-state index in [0.29, 0.717) is 13.2 Å². The van der Waals surface area contributed by atoms with Gasteiger partial charge in [0.1, 0.15) is 5.69 Å². The number of ether oxygens (including phenoxy) is 1. The number of hydrogen-bond donors (Lipinski definition) is 0. The van der Waals surface area contributed by atoms with Crippen LogP contribution in [0.3, 0.4) is 0 Å². The molecule has 2 aromatic heterocycles. The van der Waals surface area contributed by atoms with Crippen LogP contribution in [0.4, 0.5) is 5.69 Å². The van der Waals surface area contributed by atoms with Crippen molar-refractivity contribution in [2.75, 3.05) is 24.7 Å². The van der Waals surface area contributed by atoms with Gasteiger partial charge >= 0.3 is 0 Å². The third-order valence-corrected chi connectivity index (χ3v) is 5.79. The van der Waals surface area contributed by atoms with E-state index in [1.807, 2.05) is 6.07 Å². The Hall–Kier alpha value is -3.52. The lowest BCUT2D eigenvalue weighted by Crippen LogP contribution is -2.47. The van der Waals surface area contributed by atoms with Gasteiger partial charge in [-0.25, -0.2) is 0 Å². The highest BCUT2D eigenvalue weighted by Crippen LogP contribution is 2.31. The van der Waals surface area contributed by atoms with Crippen molar-refractivity contribution in [2.45, 2.75) is 26.3 Å². The second kappa shape index (κ2) is 8.31. The molecule has 0 spiro atoms. The van der Waals surface area contributed by atoms with Gasteiger partial charge in [0, 0.05) is 6.54 Å². The Balaban J connectivity index is 1.49. The fourth-order valence-corrected chi connectivity index (χ4v) is 4.09. The van der Waals surface area contributed by atoms with Crippen LogP contribution in [-0.4, -0.2) is 55.8 Å². The molecule has 0 N–H and O–H groups in total. The van der Waals surface area contributed by atoms with Crippen LogP contribution < -0.4 is 4.90 Å². The van der Waals surface area contributed by atoms with Gasteiger partial charge in [0.15, 0.2) is 0 Å². The van der Waals surface area contributed by atoms with E-state index in [9.17, 15) is 0 Å². The monoisotopic (exact) mass is 415 g/mol. The highest BCUT2D eigenvalue weighted by Gasteiger charge is 2.27. The molecule has 0 bridgehead atoms. The van der Waals surface area contributed by atoms with Crippen molar-refractivity contribution in [2.24, 2.45) is 0 Å². The number of rotatable bonds is 5. The van der Waals surface area contributed by atoms with E-state index < -0.39 is 0 Å². The number of hydrogen-bond acceptors (Lipinski definition) is 6. The summed E-state index contributed by atoms with van der Waals surface area (Å²) in [6.07, 6.45) is 7.66. The first kappa shape index (κ1) is 19.4. The quantitative estimate of drug-likeness (QED) is 0.499. The first-order valence-corrected chi connectivity index (χ1v) is 10.5. The van der Waals surface area contributed by atoms with Gasteiger partial charge in [-0.3, -0.25) is 0 Å². The van der Waals surface area contributed by atoms with E-state index in [2.05, 4.69) is 69.5 Å². The van der Waals surface area contributed by atoms with E-state index in [0.717, 1.165) is 30.0 Å². The molecule has 1 aliphatic rings. The molecule has 0 radical (unpaired) electrons. The minimum Gasteiger partial charge on any atom is -0.377 e. The molecule has 3 heterocycles. The van der Waals surface area contributed by atoms with Crippen molar-refractivity contribution in [1.29, 1.82) is 0 Å². The Morgan fingerprint density at radius 2 is 1.55 bits per heavy atom. The number of benzene rings is 2. The maximum absolute atomic E-state index is 5.88. The summed E-state index contributed by atoms with van der Waals surface area (Å²) in [5.74, 6) is 0. The SMILES string of the molecule is Cc1cc(N2CCOC[C@H]2Cc2cccc(-n3nccn3)c2)c(-n2nccn2)cc1C. The minimum atomic E-state index is 0.200. The molecule has 1 saturated heterocycles. The zero-order valence-corrected chi connectivity index (χ0v) is 17.7. The topological polar surface area (TPSA) is 73.9 Å². The normalized spacial score (nSPS) is 16.6. The maximum Gasteiger partial charge on any atom is 0.109 e. The highest BCUT2D eigenvalue weighted by molar-refractivity contribution is 5.66. The molecule has 1 aliphatic heterocycles. The predicted molar refractivity (Wildman–Crippen MR) is 118 cm³/mol. The second-order valence-electron chi connectivity index (χ2n) is 7.86. The lowest BCUT2D eigenvalue weighted by molar-refractivity contribution is 0.0940. The summed E-state index contributed by atoms with van der Waals surface area (Å²) in [6, 6.07) is 13.0. The number of morpholine rings is 1. The fourth-order valence-electron chi connectivity index (χ4n) is 4.09. The van der Waals surface area contributed by atoms with Crippen molar-refractivity contribution in [1.82, 2.24) is 30.0 Å². The molecule has 5 rings (SSSR count). The van der Waals surface area contributed by atoms with Gasteiger partial charge in [-0.15, -0.1) is 4.80 Å². The van der Waals surface area contributed by atoms with Crippen LogP contribution in [0.2, 0.25) is 0 Å². The Morgan fingerprint density at radius 3 is 2.29 bits per heavy atom. The van der Waals surface area contributed by atoms with Crippen LogP contribution in [0.5, 0.6) is 0 Å². The lowest BCUT2D eigenvalue weighted by Gasteiger charge is -2.38. The first-order chi connectivity index (χ1) is 15.2. The van der Waals surface area contributed by atoms with Crippen molar-refractivity contribution in [3.8, 4) is 11.4 Å². The molecule has 1 atom stereocenters. The molecule has 0 amide bonds. The van der Waals surface area contributed by atoms with Crippen LogP contribution >= 0.6 is 0 Å². The van der Waals surface area contributed by atoms with Crippen LogP contribution in [0.1, 0.15) is 16.7 Å². The number of aryl methyl sites for hydroxylation is 2. The molecule has 0 unspecified atom stereocenters. The molecule has 158 valence electrons. The highest BCUT2D eigenvalue weighted by atomic mass is 16.5. The molecule has 31 heavy (non-hydrogen) atoms. The van der Waals surface area contributed by atoms with E-state index in [4.69, 9.17) is 4.74 Å². The van der Waals surface area contributed by atoms with Gasteiger partial charge in [0.05, 0.1) is 55.4 Å². The average Bonchev–Trinajstić information content (AvgIpc) is 3.51. The molecule has 8 heteroatoms. The number of nitrogens with zero attached hydrogens (tertiary/aromatic N) is 7. The van der Waals surface area contributed by atoms with Gasteiger partial charge in [0.25, 0.3) is 0 Å². The first-order valence-electron chi connectivity index (χ1n) is 10.5. The zero-order valence-electron chi connectivity index (χ0n) is 17.7. The molecule has 2 aromatic carbocycles. The van der Waals surface area contributed by atoms with Crippen LogP contribution in [0, 0.1) is 13.8 Å². The van der Waals surface area contributed by atoms with Crippen LogP contribution in [0.25, 0.3) is 11.4 Å². The Labute approximate surface area is 181 Å². The van der Waals surface area contributed by atoms with Gasteiger partial charge in [-0.1, -0.05) is 12.1 Å². The molecular formula is C23H25N7O. The fraction of sp³-hybridized carbons (Fsp3) is 0.304. The summed E-state index contributed by atoms with van der Waals surface area (Å²) in [7, 11) is 0. The summed E-state index contributed by atoms with van der Waals surface area (Å²) in [5, 5.41) is 17.3. The summed E-state index contributed by atoms with van der Waals surface area (Å²) < 4.78 is 5.88. The largest absolute Gasteiger partial charge is 0.377 e. The maximum atomic E-state index is 5.88. The van der Waals surface area contributed by atoms with Crippen LogP contribution in [0.15, 0.2) is 61.2 Å². The number of aromatic nitrogens is 6. The lowest BCUT2D eigenvalue weighted by atomic mass is 10.0.